The van der Waals surface area contributed by atoms with Crippen molar-refractivity contribution in [3.63, 3.8) is 0 Å². The highest BCUT2D eigenvalue weighted by Gasteiger charge is 2.47. The van der Waals surface area contributed by atoms with E-state index in [1.165, 1.54) is 46.7 Å². The molecule has 3 aromatic rings. The predicted octanol–water partition coefficient (Wildman–Crippen LogP) is 4.67. The molecule has 8 heteroatoms. The summed E-state index contributed by atoms with van der Waals surface area (Å²) < 4.78 is 14.2. The number of hydrogen-bond donors (Lipinski definition) is 1. The SMILES string of the molecule is O=C1C(=O)N(c2nccs2)[C@@H](c2ccc(F)cc2)/C1=C(\O)c1ccc(Br)cc1. The number of rotatable bonds is 3. The number of Topliss-reactive ketones (excluding diaryl/α,β-unsaturated/α-hetero) is 1. The molecule has 1 aliphatic heterocycles. The lowest BCUT2D eigenvalue weighted by Gasteiger charge is -2.22. The molecule has 1 atom stereocenters. The summed E-state index contributed by atoms with van der Waals surface area (Å²) in [6.45, 7) is 0. The number of aromatic nitrogens is 1. The zero-order chi connectivity index (χ0) is 19.8. The Balaban J connectivity index is 1.93. The summed E-state index contributed by atoms with van der Waals surface area (Å²) >= 11 is 4.52. The van der Waals surface area contributed by atoms with Gasteiger partial charge in [0.05, 0.1) is 11.6 Å². The molecule has 4 rings (SSSR count). The second-order valence-corrected chi connectivity index (χ2v) is 7.83. The monoisotopic (exact) mass is 458 g/mol. The van der Waals surface area contributed by atoms with Gasteiger partial charge in [0.1, 0.15) is 11.6 Å². The number of benzene rings is 2. The Morgan fingerprint density at radius 2 is 1.79 bits per heavy atom. The molecule has 0 bridgehead atoms. The van der Waals surface area contributed by atoms with Crippen LogP contribution >= 0.6 is 27.3 Å². The van der Waals surface area contributed by atoms with Crippen LogP contribution < -0.4 is 4.90 Å². The first kappa shape index (κ1) is 18.5. The first-order chi connectivity index (χ1) is 13.5. The third kappa shape index (κ3) is 3.14. The van der Waals surface area contributed by atoms with Gasteiger partial charge in [0.2, 0.25) is 0 Å². The zero-order valence-electron chi connectivity index (χ0n) is 14.2. The van der Waals surface area contributed by atoms with Crippen LogP contribution in [0.3, 0.4) is 0 Å². The maximum absolute atomic E-state index is 13.4. The van der Waals surface area contributed by atoms with Crippen molar-refractivity contribution in [3.8, 4) is 0 Å². The van der Waals surface area contributed by atoms with Gasteiger partial charge >= 0.3 is 5.91 Å². The molecule has 0 unspecified atom stereocenters. The number of aliphatic hydroxyl groups excluding tert-OH is 1. The van der Waals surface area contributed by atoms with Gasteiger partial charge < -0.3 is 5.11 Å². The van der Waals surface area contributed by atoms with E-state index in [0.717, 1.165) is 4.47 Å². The number of ketones is 1. The Morgan fingerprint density at radius 3 is 2.39 bits per heavy atom. The van der Waals surface area contributed by atoms with E-state index in [4.69, 9.17) is 0 Å². The van der Waals surface area contributed by atoms with Gasteiger partial charge in [-0.25, -0.2) is 9.37 Å². The van der Waals surface area contributed by atoms with Crippen molar-refractivity contribution in [1.29, 1.82) is 0 Å². The van der Waals surface area contributed by atoms with Crippen molar-refractivity contribution in [1.82, 2.24) is 4.98 Å². The summed E-state index contributed by atoms with van der Waals surface area (Å²) in [5.41, 5.74) is 0.830. The fourth-order valence-corrected chi connectivity index (χ4v) is 4.02. The fraction of sp³-hybridized carbons (Fsp3) is 0.0500. The minimum Gasteiger partial charge on any atom is -0.507 e. The predicted molar refractivity (Wildman–Crippen MR) is 107 cm³/mol. The highest BCUT2D eigenvalue weighted by Crippen LogP contribution is 2.42. The number of hydrogen-bond acceptors (Lipinski definition) is 5. The number of aliphatic hydroxyl groups is 1. The van der Waals surface area contributed by atoms with Gasteiger partial charge in [-0.15, -0.1) is 11.3 Å². The summed E-state index contributed by atoms with van der Waals surface area (Å²) in [5, 5.41) is 12.9. The smallest absolute Gasteiger partial charge is 0.301 e. The van der Waals surface area contributed by atoms with Crippen LogP contribution in [0.25, 0.3) is 5.76 Å². The van der Waals surface area contributed by atoms with E-state index in [9.17, 15) is 19.1 Å². The Labute approximate surface area is 171 Å². The number of amides is 1. The second-order valence-electron chi connectivity index (χ2n) is 6.04. The van der Waals surface area contributed by atoms with Crippen LogP contribution in [-0.4, -0.2) is 21.8 Å². The Bertz CT molecular complexity index is 1080. The molecule has 1 aliphatic rings. The quantitative estimate of drug-likeness (QED) is 0.351. The molecule has 0 saturated carbocycles. The molecule has 2 heterocycles. The van der Waals surface area contributed by atoms with Crippen molar-refractivity contribution >= 4 is 49.8 Å². The van der Waals surface area contributed by atoms with Gasteiger partial charge in [0.25, 0.3) is 5.78 Å². The molecule has 5 nitrogen and oxygen atoms in total. The molecule has 1 N–H and O–H groups in total. The minimum absolute atomic E-state index is 0.0610. The maximum atomic E-state index is 13.4. The van der Waals surface area contributed by atoms with E-state index >= 15 is 0 Å². The van der Waals surface area contributed by atoms with Crippen molar-refractivity contribution in [3.05, 3.63) is 87.1 Å². The third-order valence-electron chi connectivity index (χ3n) is 4.37. The van der Waals surface area contributed by atoms with E-state index in [0.29, 0.717) is 16.3 Å². The highest BCUT2D eigenvalue weighted by atomic mass is 79.9. The summed E-state index contributed by atoms with van der Waals surface area (Å²) in [5.74, 6) is -2.34. The Kier molecular flexibility index (Phi) is 4.82. The average Bonchev–Trinajstić information content (AvgIpc) is 3.30. The molecule has 1 saturated heterocycles. The standard InChI is InChI=1S/C20H12BrFN2O3S/c21-13-5-1-12(2-6-13)17(25)15-16(11-3-7-14(22)8-4-11)24(19(27)18(15)26)20-23-9-10-28-20/h1-10,16,25H/b17-15+/t16-/m0/s1. The molecule has 140 valence electrons. The van der Waals surface area contributed by atoms with E-state index in [-0.39, 0.29) is 11.3 Å². The van der Waals surface area contributed by atoms with Crippen LogP contribution in [-0.2, 0) is 9.59 Å². The van der Waals surface area contributed by atoms with Crippen LogP contribution in [0.4, 0.5) is 9.52 Å². The van der Waals surface area contributed by atoms with Crippen LogP contribution in [0.15, 0.2) is 70.2 Å². The van der Waals surface area contributed by atoms with Crippen LogP contribution in [0.2, 0.25) is 0 Å². The third-order valence-corrected chi connectivity index (χ3v) is 5.67. The Hall–Kier alpha value is -2.84. The number of thiazole rings is 1. The number of carbonyl (C=O) groups is 2. The van der Waals surface area contributed by atoms with Gasteiger partial charge in [-0.1, -0.05) is 40.2 Å². The van der Waals surface area contributed by atoms with Gasteiger partial charge in [0, 0.05) is 21.6 Å². The molecule has 28 heavy (non-hydrogen) atoms. The van der Waals surface area contributed by atoms with Gasteiger partial charge in [-0.05, 0) is 29.8 Å². The molecule has 0 aliphatic carbocycles. The van der Waals surface area contributed by atoms with Crippen LogP contribution in [0, 0.1) is 5.82 Å². The molecular weight excluding hydrogens is 447 g/mol. The summed E-state index contributed by atoms with van der Waals surface area (Å²) in [4.78, 5) is 31.0. The number of halogens is 2. The second kappa shape index (κ2) is 7.29. The number of nitrogens with zero attached hydrogens (tertiary/aromatic N) is 2. The molecule has 1 fully saturated rings. The largest absolute Gasteiger partial charge is 0.507 e. The Morgan fingerprint density at radius 1 is 1.11 bits per heavy atom. The first-order valence-corrected chi connectivity index (χ1v) is 9.86. The normalized spacial score (nSPS) is 18.6. The maximum Gasteiger partial charge on any atom is 0.301 e. The molecule has 2 aromatic carbocycles. The highest BCUT2D eigenvalue weighted by molar-refractivity contribution is 9.10. The first-order valence-electron chi connectivity index (χ1n) is 8.19. The van der Waals surface area contributed by atoms with Crippen LogP contribution in [0.5, 0.6) is 0 Å². The van der Waals surface area contributed by atoms with E-state index in [2.05, 4.69) is 20.9 Å². The molecule has 1 aromatic heterocycles. The molecule has 0 radical (unpaired) electrons. The van der Waals surface area contributed by atoms with Crippen molar-refractivity contribution in [2.45, 2.75) is 6.04 Å². The summed E-state index contributed by atoms with van der Waals surface area (Å²) in [7, 11) is 0. The fourth-order valence-electron chi connectivity index (χ4n) is 3.09. The van der Waals surface area contributed by atoms with Crippen LogP contribution in [0.1, 0.15) is 17.2 Å². The summed E-state index contributed by atoms with van der Waals surface area (Å²) in [6, 6.07) is 11.3. The minimum atomic E-state index is -0.907. The van der Waals surface area contributed by atoms with Crippen molar-refractivity contribution < 1.29 is 19.1 Å². The lowest BCUT2D eigenvalue weighted by Crippen LogP contribution is -2.29. The van der Waals surface area contributed by atoms with E-state index < -0.39 is 23.5 Å². The zero-order valence-corrected chi connectivity index (χ0v) is 16.6. The van der Waals surface area contributed by atoms with E-state index in [1.54, 1.807) is 29.6 Å². The van der Waals surface area contributed by atoms with Gasteiger partial charge in [0.15, 0.2) is 5.13 Å². The lowest BCUT2D eigenvalue weighted by molar-refractivity contribution is -0.132. The number of anilines is 1. The van der Waals surface area contributed by atoms with Gasteiger partial charge in [-0.3, -0.25) is 14.5 Å². The lowest BCUT2D eigenvalue weighted by atomic mass is 9.95. The molecule has 0 spiro atoms. The van der Waals surface area contributed by atoms with E-state index in [1.807, 2.05) is 0 Å². The van der Waals surface area contributed by atoms with Gasteiger partial charge in [-0.2, -0.15) is 0 Å². The van der Waals surface area contributed by atoms with Crippen molar-refractivity contribution in [2.24, 2.45) is 0 Å². The topological polar surface area (TPSA) is 70.5 Å². The van der Waals surface area contributed by atoms with Crippen molar-refractivity contribution in [2.75, 3.05) is 4.90 Å². The summed E-state index contributed by atoms with van der Waals surface area (Å²) in [6.07, 6.45) is 1.52. The average molecular weight is 459 g/mol. The number of carbonyl (C=O) groups excluding carboxylic acids is 2. The molecule has 1 amide bonds. The molecular formula is C20H12BrFN2O3S.